The maximum absolute atomic E-state index is 13.0. The molecule has 1 aromatic carbocycles. The number of amides is 1. The minimum Gasteiger partial charge on any atom is -0.374 e. The van der Waals surface area contributed by atoms with Crippen molar-refractivity contribution in [2.24, 2.45) is 5.92 Å². The molecule has 1 heterocycles. The van der Waals surface area contributed by atoms with Gasteiger partial charge >= 0.3 is 0 Å². The van der Waals surface area contributed by atoms with Crippen LogP contribution in [-0.4, -0.2) is 66.0 Å². The molecule has 1 aromatic rings. The van der Waals surface area contributed by atoms with Gasteiger partial charge in [-0.3, -0.25) is 8.98 Å². The Labute approximate surface area is 203 Å². The first-order valence-corrected chi connectivity index (χ1v) is 15.2. The van der Waals surface area contributed by atoms with Gasteiger partial charge in [-0.1, -0.05) is 35.7 Å². The number of benzene rings is 1. The predicted molar refractivity (Wildman–Crippen MR) is 124 cm³/mol. The Balaban J connectivity index is 0.000000654. The summed E-state index contributed by atoms with van der Waals surface area (Å²) in [5.74, 6) is 0.177. The Morgan fingerprint density at radius 1 is 1.16 bits per heavy atom. The maximum Gasteiger partial charge on any atom is 0.264 e. The standard InChI is InChI=1S/C18H23Cl2NO5S.CH3ClO2S/c1-27(23,24)26-9-7-16-17(13-5-6-14(19)15(20)11-13)21(8-10-25-16)18(22)12-3-2-4-12;1-5(2,3)4/h5-6,11-12,16-17H,2-4,7-10H2,1H3;1H3/t16-,17?;/m1./s1. The second-order valence-electron chi connectivity index (χ2n) is 7.68. The fourth-order valence-corrected chi connectivity index (χ4v) is 4.22. The minimum absolute atomic E-state index is 0.00716. The third kappa shape index (κ3) is 8.96. The number of hydrogen-bond acceptors (Lipinski definition) is 7. The first-order chi connectivity index (χ1) is 14.8. The van der Waals surface area contributed by atoms with Gasteiger partial charge in [-0.05, 0) is 30.5 Å². The van der Waals surface area contributed by atoms with Crippen molar-refractivity contribution in [2.45, 2.75) is 37.8 Å². The molecule has 0 spiro atoms. The molecule has 2 atom stereocenters. The first-order valence-electron chi connectivity index (χ1n) is 9.87. The minimum atomic E-state index is -3.53. The summed E-state index contributed by atoms with van der Waals surface area (Å²) in [5.41, 5.74) is 0.820. The van der Waals surface area contributed by atoms with Crippen molar-refractivity contribution in [1.29, 1.82) is 0 Å². The molecule has 3 rings (SSSR count). The lowest BCUT2D eigenvalue weighted by Gasteiger charge is -2.44. The van der Waals surface area contributed by atoms with E-state index in [2.05, 4.69) is 10.7 Å². The van der Waals surface area contributed by atoms with Crippen molar-refractivity contribution in [3.8, 4) is 0 Å². The highest BCUT2D eigenvalue weighted by Crippen LogP contribution is 2.38. The quantitative estimate of drug-likeness (QED) is 0.393. The number of carbonyl (C=O) groups is 1. The lowest BCUT2D eigenvalue weighted by molar-refractivity contribution is -0.154. The van der Waals surface area contributed by atoms with Crippen LogP contribution >= 0.6 is 33.9 Å². The molecule has 1 unspecified atom stereocenters. The summed E-state index contributed by atoms with van der Waals surface area (Å²) in [6.45, 7) is 0.885. The Morgan fingerprint density at radius 3 is 2.28 bits per heavy atom. The molecule has 8 nitrogen and oxygen atoms in total. The maximum atomic E-state index is 13.0. The van der Waals surface area contributed by atoms with Gasteiger partial charge in [-0.2, -0.15) is 8.42 Å². The Kier molecular flexibility index (Phi) is 10.1. The van der Waals surface area contributed by atoms with Gasteiger partial charge in [-0.25, -0.2) is 8.42 Å². The van der Waals surface area contributed by atoms with Crippen molar-refractivity contribution in [3.63, 3.8) is 0 Å². The van der Waals surface area contributed by atoms with E-state index in [4.69, 9.17) is 32.1 Å². The van der Waals surface area contributed by atoms with Crippen molar-refractivity contribution in [2.75, 3.05) is 32.3 Å². The van der Waals surface area contributed by atoms with Crippen LogP contribution in [-0.2, 0) is 32.9 Å². The molecule has 0 radical (unpaired) electrons. The molecule has 1 saturated heterocycles. The smallest absolute Gasteiger partial charge is 0.264 e. The van der Waals surface area contributed by atoms with Crippen molar-refractivity contribution < 1.29 is 30.6 Å². The van der Waals surface area contributed by atoms with Crippen molar-refractivity contribution in [1.82, 2.24) is 4.90 Å². The van der Waals surface area contributed by atoms with Gasteiger partial charge in [-0.15, -0.1) is 0 Å². The Hall–Kier alpha value is -0.620. The van der Waals surface area contributed by atoms with E-state index < -0.39 is 19.2 Å². The van der Waals surface area contributed by atoms with E-state index in [0.29, 0.717) is 29.6 Å². The zero-order chi connectivity index (χ0) is 24.1. The zero-order valence-corrected chi connectivity index (χ0v) is 21.6. The molecule has 1 amide bonds. The molecule has 2 aliphatic rings. The van der Waals surface area contributed by atoms with Crippen LogP contribution in [0.3, 0.4) is 0 Å². The topological polar surface area (TPSA) is 107 Å². The fraction of sp³-hybridized carbons (Fsp3) is 0.632. The Bertz CT molecular complexity index is 1010. The van der Waals surface area contributed by atoms with Gasteiger partial charge < -0.3 is 9.64 Å². The van der Waals surface area contributed by atoms with Crippen LogP contribution < -0.4 is 0 Å². The van der Waals surface area contributed by atoms with Crippen LogP contribution in [0, 0.1) is 5.92 Å². The highest BCUT2D eigenvalue weighted by molar-refractivity contribution is 8.13. The lowest BCUT2D eigenvalue weighted by Crippen LogP contribution is -2.51. The number of morpholine rings is 1. The third-order valence-electron chi connectivity index (χ3n) is 5.07. The van der Waals surface area contributed by atoms with Crippen molar-refractivity contribution >= 4 is 59.0 Å². The highest BCUT2D eigenvalue weighted by Gasteiger charge is 2.40. The number of ether oxygens (including phenoxy) is 1. The third-order valence-corrected chi connectivity index (χ3v) is 6.41. The average Bonchev–Trinajstić information content (AvgIpc) is 2.60. The molecule has 1 aliphatic heterocycles. The molecule has 2 fully saturated rings. The van der Waals surface area contributed by atoms with E-state index >= 15 is 0 Å². The number of hydrogen-bond donors (Lipinski definition) is 0. The van der Waals surface area contributed by atoms with Gasteiger partial charge in [0.15, 0.2) is 0 Å². The van der Waals surface area contributed by atoms with Gasteiger partial charge in [0, 0.05) is 29.6 Å². The Morgan fingerprint density at radius 2 is 1.78 bits per heavy atom. The van der Waals surface area contributed by atoms with Crippen LogP contribution in [0.1, 0.15) is 37.3 Å². The second kappa shape index (κ2) is 11.7. The highest BCUT2D eigenvalue weighted by atomic mass is 35.7. The van der Waals surface area contributed by atoms with Crippen LogP contribution in [0.2, 0.25) is 10.0 Å². The zero-order valence-electron chi connectivity index (χ0n) is 17.7. The summed E-state index contributed by atoms with van der Waals surface area (Å²) < 4.78 is 52.1. The summed E-state index contributed by atoms with van der Waals surface area (Å²) in [4.78, 5) is 14.8. The molecular weight excluding hydrogens is 525 g/mol. The summed E-state index contributed by atoms with van der Waals surface area (Å²) in [6.07, 6.45) is 4.78. The monoisotopic (exact) mass is 549 g/mol. The summed E-state index contributed by atoms with van der Waals surface area (Å²) in [7, 11) is -2.22. The molecule has 13 heteroatoms. The normalized spacial score (nSPS) is 22.0. The first kappa shape index (κ1) is 27.6. The van der Waals surface area contributed by atoms with Crippen LogP contribution in [0.25, 0.3) is 0 Å². The largest absolute Gasteiger partial charge is 0.374 e. The van der Waals surface area contributed by atoms with Crippen molar-refractivity contribution in [3.05, 3.63) is 33.8 Å². The van der Waals surface area contributed by atoms with Gasteiger partial charge in [0.2, 0.25) is 15.0 Å². The summed E-state index contributed by atoms with van der Waals surface area (Å²) in [5, 5.41) is 0.841. The molecular formula is C19H26Cl3NO7S2. The lowest BCUT2D eigenvalue weighted by atomic mass is 9.83. The van der Waals surface area contributed by atoms with Crippen LogP contribution in [0.15, 0.2) is 18.2 Å². The molecule has 0 bridgehead atoms. The van der Waals surface area contributed by atoms with E-state index in [1.165, 1.54) is 0 Å². The molecule has 1 saturated carbocycles. The number of nitrogens with zero attached hydrogens (tertiary/aromatic N) is 1. The SMILES string of the molecule is CS(=O)(=O)Cl.CS(=O)(=O)OCC[C@H]1OCCN(C(=O)C2CCC2)C1c1ccc(Cl)c(Cl)c1. The second-order valence-corrected chi connectivity index (χ2v) is 13.2. The molecule has 0 N–H and O–H groups in total. The van der Waals surface area contributed by atoms with Crippen LogP contribution in [0.4, 0.5) is 0 Å². The average molecular weight is 551 g/mol. The predicted octanol–water partition coefficient (Wildman–Crippen LogP) is 3.61. The molecule has 1 aliphatic carbocycles. The molecule has 0 aromatic heterocycles. The van der Waals surface area contributed by atoms with E-state index in [-0.39, 0.29) is 30.6 Å². The van der Waals surface area contributed by atoms with E-state index in [9.17, 15) is 21.6 Å². The van der Waals surface area contributed by atoms with Gasteiger partial charge in [0.25, 0.3) is 10.1 Å². The van der Waals surface area contributed by atoms with E-state index in [1.807, 2.05) is 11.0 Å². The summed E-state index contributed by atoms with van der Waals surface area (Å²) >= 11 is 12.2. The van der Waals surface area contributed by atoms with Crippen LogP contribution in [0.5, 0.6) is 0 Å². The van der Waals surface area contributed by atoms with Gasteiger partial charge in [0.05, 0.1) is 47.9 Å². The molecule has 32 heavy (non-hydrogen) atoms. The molecule has 182 valence electrons. The number of carbonyl (C=O) groups excluding carboxylic acids is 1. The van der Waals surface area contributed by atoms with E-state index in [1.54, 1.807) is 12.1 Å². The van der Waals surface area contributed by atoms with E-state index in [0.717, 1.165) is 37.3 Å². The van der Waals surface area contributed by atoms with Gasteiger partial charge in [0.1, 0.15) is 0 Å². The summed E-state index contributed by atoms with van der Waals surface area (Å²) in [6, 6.07) is 4.92. The fourth-order valence-electron chi connectivity index (χ4n) is 3.52. The number of rotatable bonds is 6. The number of halogens is 3.